The average molecular weight is 254 g/mol. The van der Waals surface area contributed by atoms with E-state index in [2.05, 4.69) is 31.0 Å². The van der Waals surface area contributed by atoms with E-state index in [0.29, 0.717) is 5.54 Å². The second-order valence-electron chi connectivity index (χ2n) is 6.19. The monoisotopic (exact) mass is 254 g/mol. The summed E-state index contributed by atoms with van der Waals surface area (Å²) in [4.78, 5) is 2.69. The lowest BCUT2D eigenvalue weighted by molar-refractivity contribution is 0.106. The first-order valence-corrected chi connectivity index (χ1v) is 8.18. The van der Waals surface area contributed by atoms with Crippen LogP contribution in [0.2, 0.25) is 0 Å². The molecule has 1 heterocycles. The quantitative estimate of drug-likeness (QED) is 0.589. The fourth-order valence-corrected chi connectivity index (χ4v) is 3.10. The third-order valence-electron chi connectivity index (χ3n) is 4.51. The van der Waals surface area contributed by atoms with Gasteiger partial charge in [-0.15, -0.1) is 0 Å². The van der Waals surface area contributed by atoms with E-state index in [1.807, 2.05) is 0 Å². The van der Waals surface area contributed by atoms with E-state index in [-0.39, 0.29) is 0 Å². The van der Waals surface area contributed by atoms with E-state index in [4.69, 9.17) is 0 Å². The van der Waals surface area contributed by atoms with Gasteiger partial charge in [-0.1, -0.05) is 58.8 Å². The highest BCUT2D eigenvalue weighted by Gasteiger charge is 2.32. The Bertz CT molecular complexity index is 199. The Kier molecular flexibility index (Phi) is 7.92. The van der Waals surface area contributed by atoms with Crippen molar-refractivity contribution in [2.45, 2.75) is 84.1 Å². The maximum absolute atomic E-state index is 3.50. The molecule has 1 atom stereocenters. The lowest BCUT2D eigenvalue weighted by Crippen LogP contribution is -2.45. The van der Waals surface area contributed by atoms with Gasteiger partial charge in [-0.25, -0.2) is 0 Å². The maximum Gasteiger partial charge on any atom is 0.0486 e. The lowest BCUT2D eigenvalue weighted by atomic mass is 9.87. The molecule has 2 heteroatoms. The van der Waals surface area contributed by atoms with Gasteiger partial charge in [-0.2, -0.15) is 0 Å². The predicted molar refractivity (Wildman–Crippen MR) is 80.9 cm³/mol. The summed E-state index contributed by atoms with van der Waals surface area (Å²) in [7, 11) is 0. The van der Waals surface area contributed by atoms with Gasteiger partial charge in [0.05, 0.1) is 0 Å². The summed E-state index contributed by atoms with van der Waals surface area (Å²) < 4.78 is 0. The van der Waals surface area contributed by atoms with Crippen LogP contribution in [0.1, 0.15) is 78.6 Å². The van der Waals surface area contributed by atoms with Crippen LogP contribution in [0, 0.1) is 0 Å². The zero-order valence-electron chi connectivity index (χ0n) is 12.9. The minimum absolute atomic E-state index is 0.451. The topological polar surface area (TPSA) is 15.3 Å². The van der Waals surface area contributed by atoms with Gasteiger partial charge < -0.3 is 5.32 Å². The highest BCUT2D eigenvalue weighted by Crippen LogP contribution is 2.29. The maximum atomic E-state index is 3.50. The van der Waals surface area contributed by atoms with Gasteiger partial charge in [0, 0.05) is 25.3 Å². The second-order valence-corrected chi connectivity index (χ2v) is 6.19. The van der Waals surface area contributed by atoms with Gasteiger partial charge in [0.15, 0.2) is 0 Å². The fraction of sp³-hybridized carbons (Fsp3) is 1.00. The average Bonchev–Trinajstić information content (AvgIpc) is 2.89. The van der Waals surface area contributed by atoms with Crippen molar-refractivity contribution >= 4 is 0 Å². The van der Waals surface area contributed by atoms with E-state index in [1.54, 1.807) is 0 Å². The number of hydrogen-bond acceptors (Lipinski definition) is 2. The first kappa shape index (κ1) is 16.0. The Morgan fingerprint density at radius 2 is 1.56 bits per heavy atom. The second kappa shape index (κ2) is 8.92. The summed E-state index contributed by atoms with van der Waals surface area (Å²) in [6.45, 7) is 10.6. The summed E-state index contributed by atoms with van der Waals surface area (Å²) in [6, 6.07) is 0. The molecule has 1 aliphatic heterocycles. The first-order chi connectivity index (χ1) is 8.73. The van der Waals surface area contributed by atoms with Crippen molar-refractivity contribution in [3.63, 3.8) is 0 Å². The van der Waals surface area contributed by atoms with Gasteiger partial charge in [0.2, 0.25) is 0 Å². The highest BCUT2D eigenvalue weighted by atomic mass is 15.3. The Balaban J connectivity index is 2.39. The van der Waals surface area contributed by atoms with Gasteiger partial charge in [0.25, 0.3) is 0 Å². The molecule has 0 amide bonds. The van der Waals surface area contributed by atoms with Crippen LogP contribution in [-0.2, 0) is 0 Å². The molecule has 0 saturated carbocycles. The van der Waals surface area contributed by atoms with Gasteiger partial charge in [0.1, 0.15) is 0 Å². The normalized spacial score (nSPS) is 20.2. The molecule has 1 N–H and O–H groups in total. The summed E-state index contributed by atoms with van der Waals surface area (Å²) in [6.07, 6.45) is 12.5. The molecule has 0 aromatic heterocycles. The van der Waals surface area contributed by atoms with Crippen molar-refractivity contribution in [2.75, 3.05) is 19.8 Å². The first-order valence-electron chi connectivity index (χ1n) is 8.18. The van der Waals surface area contributed by atoms with Crippen LogP contribution >= 0.6 is 0 Å². The molecule has 1 unspecified atom stereocenters. The summed E-state index contributed by atoms with van der Waals surface area (Å²) in [5, 5.41) is 3.50. The summed E-state index contributed by atoms with van der Waals surface area (Å²) >= 11 is 0. The number of hydrogen-bond donors (Lipinski definition) is 1. The van der Waals surface area contributed by atoms with Crippen molar-refractivity contribution in [1.29, 1.82) is 0 Å². The largest absolute Gasteiger partial charge is 0.303 e. The Hall–Kier alpha value is -0.0800. The van der Waals surface area contributed by atoms with E-state index >= 15 is 0 Å². The molecule has 2 nitrogen and oxygen atoms in total. The lowest BCUT2D eigenvalue weighted by Gasteiger charge is -2.39. The summed E-state index contributed by atoms with van der Waals surface area (Å²) in [5.41, 5.74) is 0.451. The van der Waals surface area contributed by atoms with Crippen LogP contribution in [0.4, 0.5) is 0 Å². The van der Waals surface area contributed by atoms with Crippen molar-refractivity contribution in [3.05, 3.63) is 0 Å². The summed E-state index contributed by atoms with van der Waals surface area (Å²) in [5.74, 6) is 0. The number of rotatable bonds is 10. The van der Waals surface area contributed by atoms with Gasteiger partial charge in [-0.3, -0.25) is 4.90 Å². The van der Waals surface area contributed by atoms with Crippen LogP contribution in [0.25, 0.3) is 0 Å². The molecular formula is C16H34N2. The van der Waals surface area contributed by atoms with E-state index in [9.17, 15) is 0 Å². The molecule has 0 spiro atoms. The minimum Gasteiger partial charge on any atom is -0.303 e. The van der Waals surface area contributed by atoms with Crippen LogP contribution in [-0.4, -0.2) is 30.2 Å². The molecule has 18 heavy (non-hydrogen) atoms. The van der Waals surface area contributed by atoms with Gasteiger partial charge >= 0.3 is 0 Å². The Morgan fingerprint density at radius 3 is 2.11 bits per heavy atom. The van der Waals surface area contributed by atoms with Crippen molar-refractivity contribution < 1.29 is 0 Å². The predicted octanol–water partition coefficient (Wildman–Crippen LogP) is 4.16. The SMILES string of the molecule is CCCCCCC(C)(CCCCC)N1CCNC1. The fourth-order valence-electron chi connectivity index (χ4n) is 3.10. The molecule has 0 aromatic carbocycles. The molecule has 0 radical (unpaired) electrons. The van der Waals surface area contributed by atoms with Gasteiger partial charge in [-0.05, 0) is 19.8 Å². The zero-order chi connectivity index (χ0) is 13.3. The number of nitrogens with zero attached hydrogens (tertiary/aromatic N) is 1. The minimum atomic E-state index is 0.451. The van der Waals surface area contributed by atoms with Crippen molar-refractivity contribution in [1.82, 2.24) is 10.2 Å². The molecule has 1 saturated heterocycles. The van der Waals surface area contributed by atoms with Crippen molar-refractivity contribution in [3.8, 4) is 0 Å². The number of unbranched alkanes of at least 4 members (excludes halogenated alkanes) is 5. The van der Waals surface area contributed by atoms with Crippen LogP contribution in [0.5, 0.6) is 0 Å². The van der Waals surface area contributed by atoms with E-state index < -0.39 is 0 Å². The molecule has 0 aromatic rings. The molecule has 1 fully saturated rings. The molecule has 108 valence electrons. The molecule has 0 bridgehead atoms. The smallest absolute Gasteiger partial charge is 0.0486 e. The van der Waals surface area contributed by atoms with Crippen LogP contribution in [0.15, 0.2) is 0 Å². The Morgan fingerprint density at radius 1 is 0.944 bits per heavy atom. The molecular weight excluding hydrogens is 220 g/mol. The van der Waals surface area contributed by atoms with Crippen LogP contribution in [0.3, 0.4) is 0 Å². The van der Waals surface area contributed by atoms with Crippen molar-refractivity contribution in [2.24, 2.45) is 0 Å². The Labute approximate surface area is 115 Å². The van der Waals surface area contributed by atoms with Crippen LogP contribution < -0.4 is 5.32 Å². The van der Waals surface area contributed by atoms with E-state index in [1.165, 1.54) is 70.9 Å². The third kappa shape index (κ3) is 5.27. The molecule has 0 aliphatic carbocycles. The third-order valence-corrected chi connectivity index (χ3v) is 4.51. The molecule has 1 rings (SSSR count). The standard InChI is InChI=1S/C16H34N2/c1-4-6-8-10-12-16(3,11-9-7-5-2)18-14-13-17-15-18/h17H,4-15H2,1-3H3. The highest BCUT2D eigenvalue weighted by molar-refractivity contribution is 4.88. The zero-order valence-corrected chi connectivity index (χ0v) is 12.9. The number of nitrogens with one attached hydrogen (secondary N) is 1. The van der Waals surface area contributed by atoms with E-state index in [0.717, 1.165) is 6.67 Å². The molecule has 1 aliphatic rings.